The number of carbonyl (C=O) groups excluding carboxylic acids is 1. The number of halogens is 2. The lowest BCUT2D eigenvalue weighted by atomic mass is 10.0. The molecule has 8 heteroatoms. The second-order valence-corrected chi connectivity index (χ2v) is 14.9. The number of carbonyl (C=O) groups is 1. The smallest absolute Gasteiger partial charge is 0.407 e. The quantitative estimate of drug-likeness (QED) is 0.556. The lowest BCUT2D eigenvalue weighted by Gasteiger charge is -2.41. The zero-order valence-corrected chi connectivity index (χ0v) is 20.5. The van der Waals surface area contributed by atoms with E-state index in [9.17, 15) is 14.3 Å². The van der Waals surface area contributed by atoms with Crippen molar-refractivity contribution in [3.63, 3.8) is 0 Å². The van der Waals surface area contributed by atoms with Gasteiger partial charge in [0.15, 0.2) is 8.32 Å². The third-order valence-electron chi connectivity index (χ3n) is 5.05. The summed E-state index contributed by atoms with van der Waals surface area (Å²) in [6, 6.07) is 4.02. The normalized spacial score (nSPS) is 15.0. The molecule has 0 aromatic heterocycles. The van der Waals surface area contributed by atoms with Gasteiger partial charge in [-0.3, -0.25) is 0 Å². The van der Waals surface area contributed by atoms with Gasteiger partial charge in [-0.1, -0.05) is 44.5 Å². The molecule has 166 valence electrons. The van der Waals surface area contributed by atoms with Crippen LogP contribution in [0, 0.1) is 5.82 Å². The summed E-state index contributed by atoms with van der Waals surface area (Å²) in [6.45, 7) is 15.3. The number of hydrogen-bond acceptors (Lipinski definition) is 4. The summed E-state index contributed by atoms with van der Waals surface area (Å²) < 4.78 is 26.2. The van der Waals surface area contributed by atoms with Crippen LogP contribution in [-0.4, -0.2) is 43.9 Å². The fourth-order valence-corrected chi connectivity index (χ4v) is 4.02. The molecule has 0 bridgehead atoms. The summed E-state index contributed by atoms with van der Waals surface area (Å²) in [7, 11) is -2.26. The minimum atomic E-state index is -2.26. The van der Waals surface area contributed by atoms with Crippen molar-refractivity contribution in [1.82, 2.24) is 5.32 Å². The molecule has 2 atom stereocenters. The fraction of sp³-hybridized carbons (Fsp3) is 0.667. The van der Waals surface area contributed by atoms with Crippen LogP contribution in [0.4, 0.5) is 9.18 Å². The first kappa shape index (κ1) is 25.9. The molecule has 0 radical (unpaired) electrons. The molecule has 0 aliphatic rings. The van der Waals surface area contributed by atoms with Gasteiger partial charge in [-0.05, 0) is 57.0 Å². The maximum absolute atomic E-state index is 14.5. The van der Waals surface area contributed by atoms with Crippen molar-refractivity contribution in [2.24, 2.45) is 0 Å². The number of ether oxygens (including phenoxy) is 1. The Morgan fingerprint density at radius 2 is 1.83 bits per heavy atom. The molecule has 0 aliphatic heterocycles. The van der Waals surface area contributed by atoms with Gasteiger partial charge in [-0.2, -0.15) is 0 Å². The Balaban J connectivity index is 3.19. The molecular formula is C21H35ClFNO4Si. The third kappa shape index (κ3) is 7.89. The first-order valence-corrected chi connectivity index (χ1v) is 13.1. The fourth-order valence-electron chi connectivity index (χ4n) is 2.48. The van der Waals surface area contributed by atoms with E-state index in [4.69, 9.17) is 20.8 Å². The minimum Gasteiger partial charge on any atom is -0.444 e. The highest BCUT2D eigenvalue weighted by atomic mass is 35.5. The van der Waals surface area contributed by atoms with E-state index in [2.05, 4.69) is 39.2 Å². The summed E-state index contributed by atoms with van der Waals surface area (Å²) in [5.41, 5.74) is -0.360. The molecule has 0 heterocycles. The standard InChI is InChI=1S/C21H35ClFNO4Si/c1-20(2,3)27-19(26)24-16(12-14-10-9-11-15(22)18(14)23)17(13-25)28-29(7,8)21(4,5)6/h9-11,16-17,25H,12-13H2,1-8H3,(H,24,26)/t16-,17+/m0/s1. The van der Waals surface area contributed by atoms with Crippen molar-refractivity contribution >= 4 is 26.0 Å². The first-order valence-electron chi connectivity index (χ1n) is 9.78. The van der Waals surface area contributed by atoms with Gasteiger partial charge < -0.3 is 19.6 Å². The number of aliphatic hydroxyl groups is 1. The van der Waals surface area contributed by atoms with Crippen LogP contribution >= 0.6 is 11.6 Å². The van der Waals surface area contributed by atoms with Crippen molar-refractivity contribution in [3.8, 4) is 0 Å². The van der Waals surface area contributed by atoms with Crippen LogP contribution in [0.2, 0.25) is 23.2 Å². The molecule has 2 N–H and O–H groups in total. The molecule has 0 fully saturated rings. The molecule has 5 nitrogen and oxygen atoms in total. The predicted molar refractivity (Wildman–Crippen MR) is 117 cm³/mol. The van der Waals surface area contributed by atoms with E-state index in [1.54, 1.807) is 32.9 Å². The minimum absolute atomic E-state index is 0.00406. The predicted octanol–water partition coefficient (Wildman–Crippen LogP) is 5.30. The molecule has 29 heavy (non-hydrogen) atoms. The second-order valence-electron chi connectivity index (χ2n) is 9.77. The van der Waals surface area contributed by atoms with Gasteiger partial charge in [0.25, 0.3) is 0 Å². The van der Waals surface area contributed by atoms with E-state index in [1.807, 2.05) is 0 Å². The maximum atomic E-state index is 14.5. The van der Waals surface area contributed by atoms with E-state index >= 15 is 0 Å². The number of alkyl carbamates (subject to hydrolysis) is 1. The van der Waals surface area contributed by atoms with Gasteiger partial charge in [0.2, 0.25) is 0 Å². The van der Waals surface area contributed by atoms with Crippen LogP contribution < -0.4 is 5.32 Å². The van der Waals surface area contributed by atoms with E-state index < -0.39 is 38.0 Å². The van der Waals surface area contributed by atoms with Crippen LogP contribution in [-0.2, 0) is 15.6 Å². The number of aliphatic hydroxyl groups excluding tert-OH is 1. The molecule has 0 saturated heterocycles. The van der Waals surface area contributed by atoms with Gasteiger partial charge in [-0.25, -0.2) is 9.18 Å². The van der Waals surface area contributed by atoms with E-state index in [0.29, 0.717) is 5.56 Å². The number of rotatable bonds is 7. The Bertz CT molecular complexity index is 701. The molecule has 1 amide bonds. The number of hydrogen-bond donors (Lipinski definition) is 2. The monoisotopic (exact) mass is 447 g/mol. The molecule has 0 saturated carbocycles. The lowest BCUT2D eigenvalue weighted by molar-refractivity contribution is 0.0349. The average molecular weight is 448 g/mol. The molecule has 1 aromatic rings. The number of amides is 1. The Morgan fingerprint density at radius 1 is 1.24 bits per heavy atom. The van der Waals surface area contributed by atoms with Gasteiger partial charge >= 0.3 is 6.09 Å². The Kier molecular flexibility index (Phi) is 8.72. The second kappa shape index (κ2) is 9.77. The zero-order chi connectivity index (χ0) is 22.6. The highest BCUT2D eigenvalue weighted by Crippen LogP contribution is 2.37. The largest absolute Gasteiger partial charge is 0.444 e. The number of nitrogens with one attached hydrogen (secondary N) is 1. The summed E-state index contributed by atoms with van der Waals surface area (Å²) in [5.74, 6) is -0.547. The maximum Gasteiger partial charge on any atom is 0.407 e. The molecule has 0 unspecified atom stereocenters. The summed E-state index contributed by atoms with van der Waals surface area (Å²) in [6.07, 6.45) is -1.27. The van der Waals surface area contributed by atoms with Gasteiger partial charge in [-0.15, -0.1) is 0 Å². The highest BCUT2D eigenvalue weighted by Gasteiger charge is 2.41. The molecule has 0 spiro atoms. The van der Waals surface area contributed by atoms with Crippen molar-refractivity contribution in [3.05, 3.63) is 34.6 Å². The molecule has 1 rings (SSSR count). The van der Waals surface area contributed by atoms with Crippen LogP contribution in [0.5, 0.6) is 0 Å². The van der Waals surface area contributed by atoms with Gasteiger partial charge in [0.05, 0.1) is 23.8 Å². The van der Waals surface area contributed by atoms with Gasteiger partial charge in [0, 0.05) is 0 Å². The topological polar surface area (TPSA) is 67.8 Å². The zero-order valence-electron chi connectivity index (χ0n) is 18.7. The highest BCUT2D eigenvalue weighted by molar-refractivity contribution is 6.74. The van der Waals surface area contributed by atoms with Crippen molar-refractivity contribution in [2.45, 2.75) is 83.8 Å². The van der Waals surface area contributed by atoms with Crippen molar-refractivity contribution in [1.29, 1.82) is 0 Å². The summed E-state index contributed by atoms with van der Waals surface area (Å²) >= 11 is 5.91. The number of benzene rings is 1. The molecule has 1 aromatic carbocycles. The first-order chi connectivity index (χ1) is 13.1. The van der Waals surface area contributed by atoms with Crippen LogP contribution in [0.15, 0.2) is 18.2 Å². The Morgan fingerprint density at radius 3 is 2.31 bits per heavy atom. The van der Waals surface area contributed by atoms with Crippen LogP contribution in [0.3, 0.4) is 0 Å². The average Bonchev–Trinajstić information content (AvgIpc) is 2.53. The Labute approximate surface area is 180 Å². The van der Waals surface area contributed by atoms with Crippen molar-refractivity contribution < 1.29 is 23.5 Å². The van der Waals surface area contributed by atoms with Gasteiger partial charge in [0.1, 0.15) is 11.4 Å². The lowest BCUT2D eigenvalue weighted by Crippen LogP contribution is -2.54. The molecule has 0 aliphatic carbocycles. The van der Waals surface area contributed by atoms with Crippen LogP contribution in [0.25, 0.3) is 0 Å². The Hall–Kier alpha value is -1.15. The SMILES string of the molecule is CC(C)(C)OC(=O)N[C@@H](Cc1cccc(Cl)c1F)[C@@H](CO)O[Si](C)(C)C(C)(C)C. The van der Waals surface area contributed by atoms with Crippen molar-refractivity contribution in [2.75, 3.05) is 6.61 Å². The van der Waals surface area contributed by atoms with Crippen LogP contribution in [0.1, 0.15) is 47.1 Å². The summed E-state index contributed by atoms with van der Waals surface area (Å²) in [4.78, 5) is 12.4. The van der Waals surface area contributed by atoms with E-state index in [-0.39, 0.29) is 23.1 Å². The van der Waals surface area contributed by atoms with E-state index in [1.165, 1.54) is 6.07 Å². The van der Waals surface area contributed by atoms with E-state index in [0.717, 1.165) is 0 Å². The summed E-state index contributed by atoms with van der Waals surface area (Å²) in [5, 5.41) is 12.7. The molecular weight excluding hydrogens is 413 g/mol. The third-order valence-corrected chi connectivity index (χ3v) is 9.85.